The van der Waals surface area contributed by atoms with Gasteiger partial charge in [-0.1, -0.05) is 19.3 Å². The highest BCUT2D eigenvalue weighted by Crippen LogP contribution is 2.17. The fourth-order valence-electron chi connectivity index (χ4n) is 2.10. The predicted octanol–water partition coefficient (Wildman–Crippen LogP) is 1.32. The molecule has 5 nitrogen and oxygen atoms in total. The lowest BCUT2D eigenvalue weighted by molar-refractivity contribution is -0.121. The van der Waals surface area contributed by atoms with Gasteiger partial charge in [-0.2, -0.15) is 0 Å². The molecule has 0 spiro atoms. The third kappa shape index (κ3) is 3.80. The molecule has 1 aliphatic rings. The molecule has 0 saturated heterocycles. The predicted molar refractivity (Wildman–Crippen MR) is 69.5 cm³/mol. The van der Waals surface area contributed by atoms with E-state index in [9.17, 15) is 9.59 Å². The van der Waals surface area contributed by atoms with Gasteiger partial charge in [0.25, 0.3) is 5.91 Å². The van der Waals surface area contributed by atoms with E-state index in [4.69, 9.17) is 0 Å². The molecule has 2 rings (SSSR count). The number of nitrogens with zero attached hydrogens (tertiary/aromatic N) is 1. The van der Waals surface area contributed by atoms with E-state index in [2.05, 4.69) is 15.6 Å². The summed E-state index contributed by atoms with van der Waals surface area (Å²) in [6, 6.07) is 0.280. The van der Waals surface area contributed by atoms with Gasteiger partial charge in [-0.3, -0.25) is 9.59 Å². The number of amides is 2. The molecule has 0 aliphatic heterocycles. The maximum absolute atomic E-state index is 11.6. The van der Waals surface area contributed by atoms with Gasteiger partial charge in [0, 0.05) is 11.4 Å². The molecule has 1 aromatic heterocycles. The van der Waals surface area contributed by atoms with Crippen molar-refractivity contribution in [2.24, 2.45) is 0 Å². The van der Waals surface area contributed by atoms with E-state index < -0.39 is 0 Å². The van der Waals surface area contributed by atoms with Crippen LogP contribution >= 0.6 is 11.3 Å². The Bertz CT molecular complexity index is 399. The summed E-state index contributed by atoms with van der Waals surface area (Å²) in [5.74, 6) is -0.416. The Kier molecular flexibility index (Phi) is 4.69. The average molecular weight is 267 g/mol. The van der Waals surface area contributed by atoms with Crippen LogP contribution in [-0.2, 0) is 4.79 Å². The number of aromatic nitrogens is 1. The molecule has 98 valence electrons. The molecule has 0 radical (unpaired) electrons. The van der Waals surface area contributed by atoms with E-state index in [-0.39, 0.29) is 24.4 Å². The Morgan fingerprint density at radius 1 is 1.33 bits per heavy atom. The highest BCUT2D eigenvalue weighted by atomic mass is 32.1. The Hall–Kier alpha value is -1.43. The molecule has 2 amide bonds. The number of nitrogens with one attached hydrogen (secondary N) is 2. The fraction of sp³-hybridized carbons (Fsp3) is 0.583. The van der Waals surface area contributed by atoms with Crippen molar-refractivity contribution in [2.45, 2.75) is 38.1 Å². The summed E-state index contributed by atoms with van der Waals surface area (Å²) < 4.78 is 0. The fourth-order valence-corrected chi connectivity index (χ4v) is 2.63. The van der Waals surface area contributed by atoms with E-state index in [0.29, 0.717) is 5.69 Å². The first-order valence-corrected chi connectivity index (χ1v) is 7.16. The van der Waals surface area contributed by atoms with Crippen molar-refractivity contribution >= 4 is 23.2 Å². The van der Waals surface area contributed by atoms with Crippen LogP contribution in [0.25, 0.3) is 0 Å². The van der Waals surface area contributed by atoms with Crippen molar-refractivity contribution in [1.82, 2.24) is 15.6 Å². The van der Waals surface area contributed by atoms with Crippen LogP contribution in [-0.4, -0.2) is 29.4 Å². The third-order valence-electron chi connectivity index (χ3n) is 3.04. The molecule has 1 aliphatic carbocycles. The Balaban J connectivity index is 1.69. The van der Waals surface area contributed by atoms with Crippen LogP contribution in [0.4, 0.5) is 0 Å². The van der Waals surface area contributed by atoms with E-state index in [0.717, 1.165) is 12.8 Å². The van der Waals surface area contributed by atoms with Crippen molar-refractivity contribution < 1.29 is 9.59 Å². The number of carbonyl (C=O) groups excluding carboxylic acids is 2. The van der Waals surface area contributed by atoms with Crippen LogP contribution in [0.15, 0.2) is 10.9 Å². The summed E-state index contributed by atoms with van der Waals surface area (Å²) in [4.78, 5) is 27.1. The number of hydrogen-bond donors (Lipinski definition) is 2. The average Bonchev–Trinajstić information content (AvgIpc) is 2.91. The van der Waals surface area contributed by atoms with E-state index in [1.54, 1.807) is 10.9 Å². The molecule has 1 heterocycles. The van der Waals surface area contributed by atoms with Gasteiger partial charge in [0.05, 0.1) is 12.1 Å². The topological polar surface area (TPSA) is 71.1 Å². The van der Waals surface area contributed by atoms with E-state index >= 15 is 0 Å². The van der Waals surface area contributed by atoms with Crippen LogP contribution in [0.1, 0.15) is 42.6 Å². The van der Waals surface area contributed by atoms with Gasteiger partial charge in [0.15, 0.2) is 0 Å². The van der Waals surface area contributed by atoms with Crippen molar-refractivity contribution in [3.63, 3.8) is 0 Å². The van der Waals surface area contributed by atoms with Gasteiger partial charge >= 0.3 is 0 Å². The molecule has 1 fully saturated rings. The van der Waals surface area contributed by atoms with Gasteiger partial charge in [0.1, 0.15) is 5.69 Å². The van der Waals surface area contributed by atoms with Gasteiger partial charge in [0.2, 0.25) is 5.91 Å². The normalized spacial score (nSPS) is 16.2. The highest BCUT2D eigenvalue weighted by molar-refractivity contribution is 7.07. The summed E-state index contributed by atoms with van der Waals surface area (Å²) in [6.45, 7) is 0.0207. The van der Waals surface area contributed by atoms with Crippen LogP contribution in [0.3, 0.4) is 0 Å². The second-order valence-electron chi connectivity index (χ2n) is 4.46. The quantitative estimate of drug-likeness (QED) is 0.864. The zero-order valence-electron chi connectivity index (χ0n) is 10.1. The smallest absolute Gasteiger partial charge is 0.271 e. The number of carbonyl (C=O) groups is 2. The molecule has 6 heteroatoms. The molecule has 0 atom stereocenters. The van der Waals surface area contributed by atoms with Gasteiger partial charge < -0.3 is 10.6 Å². The van der Waals surface area contributed by atoms with Crippen molar-refractivity contribution in [3.05, 3.63) is 16.6 Å². The van der Waals surface area contributed by atoms with Gasteiger partial charge in [-0.05, 0) is 12.8 Å². The lowest BCUT2D eigenvalue weighted by atomic mass is 9.95. The molecule has 1 aromatic rings. The number of thiazole rings is 1. The zero-order valence-corrected chi connectivity index (χ0v) is 11.0. The van der Waals surface area contributed by atoms with E-state index in [1.165, 1.54) is 30.6 Å². The second kappa shape index (κ2) is 6.49. The minimum Gasteiger partial charge on any atom is -0.352 e. The standard InChI is InChI=1S/C12H17N3O2S/c16-11(15-9-4-2-1-3-5-9)6-13-12(17)10-7-18-8-14-10/h7-9H,1-6H2,(H,13,17)(H,15,16). The maximum Gasteiger partial charge on any atom is 0.271 e. The first kappa shape index (κ1) is 13.0. The Labute approximate surface area is 110 Å². The zero-order chi connectivity index (χ0) is 12.8. The highest BCUT2D eigenvalue weighted by Gasteiger charge is 2.16. The minimum atomic E-state index is -0.296. The molecule has 1 saturated carbocycles. The minimum absolute atomic E-state index is 0.0207. The third-order valence-corrected chi connectivity index (χ3v) is 3.63. The first-order chi connectivity index (χ1) is 8.75. The Morgan fingerprint density at radius 3 is 2.78 bits per heavy atom. The molecule has 0 aromatic carbocycles. The maximum atomic E-state index is 11.6. The molecule has 0 unspecified atom stereocenters. The lowest BCUT2D eigenvalue weighted by Crippen LogP contribution is -2.42. The molecular weight excluding hydrogens is 250 g/mol. The molecule has 2 N–H and O–H groups in total. The monoisotopic (exact) mass is 267 g/mol. The SMILES string of the molecule is O=C(CNC(=O)c1cscn1)NC1CCCCC1. The number of rotatable bonds is 4. The van der Waals surface area contributed by atoms with Crippen molar-refractivity contribution in [2.75, 3.05) is 6.54 Å². The summed E-state index contributed by atoms with van der Waals surface area (Å²) in [7, 11) is 0. The summed E-state index contributed by atoms with van der Waals surface area (Å²) >= 11 is 1.36. The van der Waals surface area contributed by atoms with Crippen LogP contribution in [0.5, 0.6) is 0 Å². The van der Waals surface area contributed by atoms with Crippen LogP contribution in [0.2, 0.25) is 0 Å². The van der Waals surface area contributed by atoms with Crippen molar-refractivity contribution in [1.29, 1.82) is 0 Å². The number of hydrogen-bond acceptors (Lipinski definition) is 4. The largest absolute Gasteiger partial charge is 0.352 e. The first-order valence-electron chi connectivity index (χ1n) is 6.21. The van der Waals surface area contributed by atoms with Gasteiger partial charge in [-0.15, -0.1) is 11.3 Å². The van der Waals surface area contributed by atoms with Crippen molar-refractivity contribution in [3.8, 4) is 0 Å². The summed E-state index contributed by atoms with van der Waals surface area (Å²) in [5.41, 5.74) is 1.96. The lowest BCUT2D eigenvalue weighted by Gasteiger charge is -2.22. The molecular formula is C12H17N3O2S. The summed E-state index contributed by atoms with van der Waals surface area (Å²) in [6.07, 6.45) is 5.71. The Morgan fingerprint density at radius 2 is 2.11 bits per heavy atom. The van der Waals surface area contributed by atoms with Gasteiger partial charge in [-0.25, -0.2) is 4.98 Å². The van der Waals surface area contributed by atoms with Crippen LogP contribution < -0.4 is 10.6 Å². The molecule has 18 heavy (non-hydrogen) atoms. The molecule has 0 bridgehead atoms. The van der Waals surface area contributed by atoms with E-state index in [1.807, 2.05) is 0 Å². The summed E-state index contributed by atoms with van der Waals surface area (Å²) in [5, 5.41) is 7.18. The van der Waals surface area contributed by atoms with Crippen LogP contribution in [0, 0.1) is 0 Å². The second-order valence-corrected chi connectivity index (χ2v) is 5.18.